The van der Waals surface area contributed by atoms with Crippen LogP contribution in [0.5, 0.6) is 5.75 Å². The van der Waals surface area contributed by atoms with Crippen molar-refractivity contribution in [3.8, 4) is 5.75 Å². The Balaban J connectivity index is 1.66. The molecule has 136 valence electrons. The highest BCUT2D eigenvalue weighted by Crippen LogP contribution is 2.25. The summed E-state index contributed by atoms with van der Waals surface area (Å²) in [7, 11) is 0. The van der Waals surface area contributed by atoms with Crippen LogP contribution in [0.15, 0.2) is 46.9 Å². The zero-order valence-corrected chi connectivity index (χ0v) is 15.3. The number of piperidine rings is 1. The minimum absolute atomic E-state index is 0.139. The summed E-state index contributed by atoms with van der Waals surface area (Å²) < 4.78 is 32.6. The fraction of sp³-hybridized carbons (Fsp3) is 0.263. The van der Waals surface area contributed by atoms with Crippen molar-refractivity contribution in [3.05, 3.63) is 64.1 Å². The molecule has 1 aliphatic rings. The lowest BCUT2D eigenvalue weighted by atomic mass is 9.97. The fourth-order valence-corrected chi connectivity index (χ4v) is 3.21. The SMILES string of the molecule is O=C(Oc1ccc(Br)cc1F)C1CCCN(C(=O)c2ccc(F)cc2)C1. The van der Waals surface area contributed by atoms with Crippen LogP contribution in [0.2, 0.25) is 0 Å². The summed E-state index contributed by atoms with van der Waals surface area (Å²) in [5.41, 5.74) is 0.361. The Bertz CT molecular complexity index is 826. The van der Waals surface area contributed by atoms with Gasteiger partial charge in [0.05, 0.1) is 5.92 Å². The number of esters is 1. The van der Waals surface area contributed by atoms with Gasteiger partial charge >= 0.3 is 5.97 Å². The van der Waals surface area contributed by atoms with E-state index in [0.717, 1.165) is 0 Å². The van der Waals surface area contributed by atoms with Gasteiger partial charge in [-0.1, -0.05) is 15.9 Å². The number of hydrogen-bond donors (Lipinski definition) is 0. The van der Waals surface area contributed by atoms with Crippen LogP contribution < -0.4 is 4.74 Å². The van der Waals surface area contributed by atoms with E-state index in [1.807, 2.05) is 0 Å². The number of rotatable bonds is 3. The second kappa shape index (κ2) is 7.95. The van der Waals surface area contributed by atoms with E-state index in [1.54, 1.807) is 11.0 Å². The molecule has 1 saturated heterocycles. The summed E-state index contributed by atoms with van der Waals surface area (Å²) in [5, 5.41) is 0. The van der Waals surface area contributed by atoms with Crippen LogP contribution >= 0.6 is 15.9 Å². The van der Waals surface area contributed by atoms with Crippen LogP contribution in [0.4, 0.5) is 8.78 Å². The molecule has 3 rings (SSSR count). The van der Waals surface area contributed by atoms with Crippen molar-refractivity contribution in [2.45, 2.75) is 12.8 Å². The minimum atomic E-state index is -0.636. The molecule has 0 N–H and O–H groups in total. The highest BCUT2D eigenvalue weighted by molar-refractivity contribution is 9.10. The molecule has 7 heteroatoms. The monoisotopic (exact) mass is 423 g/mol. The van der Waals surface area contributed by atoms with Crippen molar-refractivity contribution in [3.63, 3.8) is 0 Å². The van der Waals surface area contributed by atoms with E-state index >= 15 is 0 Å². The number of nitrogens with zero attached hydrogens (tertiary/aromatic N) is 1. The first-order chi connectivity index (χ1) is 12.4. The number of carbonyl (C=O) groups is 2. The Labute approximate surface area is 157 Å². The summed E-state index contributed by atoms with van der Waals surface area (Å²) in [6.45, 7) is 0.694. The zero-order valence-electron chi connectivity index (χ0n) is 13.8. The van der Waals surface area contributed by atoms with Crippen LogP contribution in [0, 0.1) is 17.6 Å². The lowest BCUT2D eigenvalue weighted by molar-refractivity contribution is -0.140. The zero-order chi connectivity index (χ0) is 18.7. The van der Waals surface area contributed by atoms with Crippen LogP contribution in [-0.2, 0) is 4.79 Å². The van der Waals surface area contributed by atoms with Crippen molar-refractivity contribution < 1.29 is 23.1 Å². The lowest BCUT2D eigenvalue weighted by Crippen LogP contribution is -2.43. The molecule has 0 saturated carbocycles. The first-order valence-electron chi connectivity index (χ1n) is 8.15. The van der Waals surface area contributed by atoms with Gasteiger partial charge in [0.15, 0.2) is 11.6 Å². The molecule has 1 heterocycles. The lowest BCUT2D eigenvalue weighted by Gasteiger charge is -2.31. The van der Waals surface area contributed by atoms with E-state index < -0.39 is 23.5 Å². The van der Waals surface area contributed by atoms with Crippen molar-refractivity contribution >= 4 is 27.8 Å². The average Bonchev–Trinajstić information content (AvgIpc) is 2.64. The molecule has 1 atom stereocenters. The quantitative estimate of drug-likeness (QED) is 0.549. The Kier molecular flexibility index (Phi) is 5.66. The maximum absolute atomic E-state index is 13.8. The third-order valence-electron chi connectivity index (χ3n) is 4.24. The minimum Gasteiger partial charge on any atom is -0.423 e. The molecule has 0 bridgehead atoms. The number of benzene rings is 2. The third-order valence-corrected chi connectivity index (χ3v) is 4.73. The molecule has 1 aliphatic heterocycles. The standard InChI is InChI=1S/C19H16BrF2NO3/c20-14-5-8-17(16(22)10-14)26-19(25)13-2-1-9-23(11-13)18(24)12-3-6-15(21)7-4-12/h3-8,10,13H,1-2,9,11H2. The predicted molar refractivity (Wildman–Crippen MR) is 94.8 cm³/mol. The molecular weight excluding hydrogens is 408 g/mol. The fourth-order valence-electron chi connectivity index (χ4n) is 2.88. The third kappa shape index (κ3) is 4.27. The van der Waals surface area contributed by atoms with Gasteiger partial charge in [0.2, 0.25) is 0 Å². The second-order valence-corrected chi connectivity index (χ2v) is 7.01. The van der Waals surface area contributed by atoms with Gasteiger partial charge < -0.3 is 9.64 Å². The maximum atomic E-state index is 13.8. The molecule has 0 spiro atoms. The smallest absolute Gasteiger partial charge is 0.316 e. The highest BCUT2D eigenvalue weighted by Gasteiger charge is 2.30. The molecule has 1 amide bonds. The van der Waals surface area contributed by atoms with E-state index in [9.17, 15) is 18.4 Å². The van der Waals surface area contributed by atoms with Gasteiger partial charge in [0.25, 0.3) is 5.91 Å². The number of halogens is 3. The van der Waals surface area contributed by atoms with Crippen LogP contribution in [0.25, 0.3) is 0 Å². The van der Waals surface area contributed by atoms with Gasteiger partial charge in [0, 0.05) is 23.1 Å². The molecule has 2 aromatic rings. The van der Waals surface area contributed by atoms with Gasteiger partial charge in [0.1, 0.15) is 5.82 Å². The van der Waals surface area contributed by atoms with E-state index in [2.05, 4.69) is 15.9 Å². The van der Waals surface area contributed by atoms with E-state index in [-0.39, 0.29) is 18.2 Å². The summed E-state index contributed by atoms with van der Waals surface area (Å²) >= 11 is 3.14. The molecule has 4 nitrogen and oxygen atoms in total. The van der Waals surface area contributed by atoms with E-state index in [1.165, 1.54) is 36.4 Å². The number of hydrogen-bond acceptors (Lipinski definition) is 3. The Morgan fingerprint density at radius 2 is 1.85 bits per heavy atom. The number of amides is 1. The van der Waals surface area contributed by atoms with Crippen LogP contribution in [0.3, 0.4) is 0 Å². The molecule has 0 aliphatic carbocycles. The molecule has 1 fully saturated rings. The maximum Gasteiger partial charge on any atom is 0.316 e. The highest BCUT2D eigenvalue weighted by atomic mass is 79.9. The molecule has 26 heavy (non-hydrogen) atoms. The largest absolute Gasteiger partial charge is 0.423 e. The molecule has 0 aromatic heterocycles. The van der Waals surface area contributed by atoms with Crippen molar-refractivity contribution in [1.82, 2.24) is 4.90 Å². The molecule has 1 unspecified atom stereocenters. The Morgan fingerprint density at radius 3 is 2.54 bits per heavy atom. The van der Waals surface area contributed by atoms with Crippen molar-refractivity contribution in [2.75, 3.05) is 13.1 Å². The Morgan fingerprint density at radius 1 is 1.12 bits per heavy atom. The molecular formula is C19H16BrF2NO3. The molecule has 0 radical (unpaired) electrons. The number of likely N-dealkylation sites (tertiary alicyclic amines) is 1. The second-order valence-electron chi connectivity index (χ2n) is 6.09. The van der Waals surface area contributed by atoms with Crippen LogP contribution in [0.1, 0.15) is 23.2 Å². The number of carbonyl (C=O) groups excluding carboxylic acids is 2. The Hall–Kier alpha value is -2.28. The van der Waals surface area contributed by atoms with Gasteiger partial charge in [-0.15, -0.1) is 0 Å². The van der Waals surface area contributed by atoms with Crippen molar-refractivity contribution in [1.29, 1.82) is 0 Å². The van der Waals surface area contributed by atoms with E-state index in [0.29, 0.717) is 29.4 Å². The summed E-state index contributed by atoms with van der Waals surface area (Å²) in [5.74, 6) is -2.56. The summed E-state index contributed by atoms with van der Waals surface area (Å²) in [6.07, 6.45) is 1.19. The van der Waals surface area contributed by atoms with E-state index in [4.69, 9.17) is 4.74 Å². The van der Waals surface area contributed by atoms with Gasteiger partial charge in [-0.25, -0.2) is 8.78 Å². The predicted octanol–water partition coefficient (Wildman–Crippen LogP) is 4.19. The van der Waals surface area contributed by atoms with Crippen LogP contribution in [-0.4, -0.2) is 29.9 Å². The first-order valence-corrected chi connectivity index (χ1v) is 8.95. The van der Waals surface area contributed by atoms with Gasteiger partial charge in [-0.2, -0.15) is 0 Å². The normalized spacial score (nSPS) is 17.0. The summed E-state index contributed by atoms with van der Waals surface area (Å²) in [4.78, 5) is 26.4. The average molecular weight is 424 g/mol. The number of ether oxygens (including phenoxy) is 1. The topological polar surface area (TPSA) is 46.6 Å². The summed E-state index contributed by atoms with van der Waals surface area (Å²) in [6, 6.07) is 9.44. The van der Waals surface area contributed by atoms with Gasteiger partial charge in [-0.3, -0.25) is 9.59 Å². The molecule has 2 aromatic carbocycles. The first kappa shape index (κ1) is 18.5. The van der Waals surface area contributed by atoms with Crippen molar-refractivity contribution in [2.24, 2.45) is 5.92 Å². The van der Waals surface area contributed by atoms with Gasteiger partial charge in [-0.05, 0) is 55.3 Å².